The van der Waals surface area contributed by atoms with Gasteiger partial charge in [-0.15, -0.1) is 24.8 Å². The minimum absolute atomic E-state index is 0. The Labute approximate surface area is 296 Å². The predicted octanol–water partition coefficient (Wildman–Crippen LogP) is 2.63. The number of halogens is 1. The Morgan fingerprint density at radius 3 is 2.44 bits per heavy atom. The molecule has 7 nitrogen and oxygen atoms in total. The van der Waals surface area contributed by atoms with Gasteiger partial charge < -0.3 is 32.7 Å². The van der Waals surface area contributed by atoms with Crippen LogP contribution < -0.4 is 84.1 Å². The average Bonchev–Trinajstić information content (AvgIpc) is 3.68. The number of carbonyl (C=O) groups excluding carboxylic acids is 1. The van der Waals surface area contributed by atoms with Crippen LogP contribution in [0.1, 0.15) is 44.6 Å². The van der Waals surface area contributed by atoms with Crippen LogP contribution >= 0.6 is 11.6 Å². The number of primary amides is 1. The van der Waals surface area contributed by atoms with Gasteiger partial charge in [0, 0.05) is 24.1 Å². The molecule has 222 valence electrons. The van der Waals surface area contributed by atoms with Gasteiger partial charge in [-0.25, -0.2) is 0 Å². The molecule has 0 radical (unpaired) electrons. The van der Waals surface area contributed by atoms with Crippen LogP contribution in [-0.2, 0) is 11.2 Å². The van der Waals surface area contributed by atoms with Crippen molar-refractivity contribution in [2.75, 3.05) is 32.5 Å². The molecule has 8 N–H and O–H groups in total. The molecule has 0 spiro atoms. The van der Waals surface area contributed by atoms with Crippen LogP contribution in [0.4, 0.5) is 5.69 Å². The molecule has 3 rings (SSSR count). The number of aryl methyl sites for hydroxylation is 1. The topological polar surface area (TPSA) is 117 Å². The first-order valence-corrected chi connectivity index (χ1v) is 14.0. The number of hydrogen-bond acceptors (Lipinski definition) is 6. The molecule has 0 heterocycles. The van der Waals surface area contributed by atoms with Crippen molar-refractivity contribution in [1.82, 2.24) is 16.0 Å². The summed E-state index contributed by atoms with van der Waals surface area (Å²) in [6.07, 6.45) is 16.2. The Bertz CT molecular complexity index is 992. The van der Waals surface area contributed by atoms with Gasteiger partial charge in [0.2, 0.25) is 6.41 Å². The van der Waals surface area contributed by atoms with E-state index in [1.165, 1.54) is 22.8 Å². The molecule has 1 fully saturated rings. The molecule has 0 aliphatic heterocycles. The van der Waals surface area contributed by atoms with E-state index in [9.17, 15) is 0 Å². The van der Waals surface area contributed by atoms with Crippen LogP contribution in [0.3, 0.4) is 0 Å². The van der Waals surface area contributed by atoms with Crippen LogP contribution in [0, 0.1) is 12.0 Å². The molecule has 9 heteroatoms. The zero-order chi connectivity index (χ0) is 30.2. The number of nitrogens with two attached hydrogens (primary N) is 2. The van der Waals surface area contributed by atoms with Crippen molar-refractivity contribution in [3.63, 3.8) is 0 Å². The van der Waals surface area contributed by atoms with Gasteiger partial charge in [0.1, 0.15) is 0 Å². The molecular formula is C32H50ClKN6O. The van der Waals surface area contributed by atoms with Crippen LogP contribution in [0.2, 0.25) is 0 Å². The van der Waals surface area contributed by atoms with E-state index in [1.54, 1.807) is 12.4 Å². The molecular weight excluding hydrogens is 559 g/mol. The van der Waals surface area contributed by atoms with E-state index < -0.39 is 0 Å². The minimum atomic E-state index is 0. The maximum atomic E-state index is 8.58. The van der Waals surface area contributed by atoms with E-state index >= 15 is 0 Å². The number of rotatable bonds is 14. The van der Waals surface area contributed by atoms with E-state index in [0.717, 1.165) is 68.0 Å². The largest absolute Gasteiger partial charge is 1.00 e. The second-order valence-corrected chi connectivity index (χ2v) is 9.40. The van der Waals surface area contributed by atoms with Gasteiger partial charge in [0.05, 0.1) is 0 Å². The smallest absolute Gasteiger partial charge is 0.403 e. The zero-order valence-corrected chi connectivity index (χ0v) is 29.4. The summed E-state index contributed by atoms with van der Waals surface area (Å²) < 4.78 is 0. The number of nitrogens with one attached hydrogen (secondary N) is 4. The summed E-state index contributed by atoms with van der Waals surface area (Å²) in [5.74, 6) is 0.542. The summed E-state index contributed by atoms with van der Waals surface area (Å²) >= 11 is 6.36. The monoisotopic (exact) mass is 608 g/mol. The zero-order valence-electron chi connectivity index (χ0n) is 25.6. The van der Waals surface area contributed by atoms with E-state index in [-0.39, 0.29) is 57.8 Å². The maximum Gasteiger partial charge on any atom is 1.00 e. The van der Waals surface area contributed by atoms with Crippen molar-refractivity contribution in [3.05, 3.63) is 108 Å². The molecule has 0 aromatic heterocycles. The first-order chi connectivity index (χ1) is 19.5. The van der Waals surface area contributed by atoms with E-state index in [4.69, 9.17) is 22.1 Å². The van der Waals surface area contributed by atoms with Crippen LogP contribution in [0.5, 0.6) is 0 Å². The number of allylic oxidation sites excluding steroid dienone is 4. The summed E-state index contributed by atoms with van der Waals surface area (Å²) in [5.41, 5.74) is 16.1. The van der Waals surface area contributed by atoms with Gasteiger partial charge in [-0.3, -0.25) is 4.79 Å². The molecule has 1 aromatic carbocycles. The Kier molecular flexibility index (Phi) is 27.4. The third kappa shape index (κ3) is 17.7. The molecule has 1 unspecified atom stereocenters. The first kappa shape index (κ1) is 41.4. The predicted molar refractivity (Wildman–Crippen MR) is 174 cm³/mol. The maximum absolute atomic E-state index is 8.58. The third-order valence-corrected chi connectivity index (χ3v) is 6.48. The summed E-state index contributed by atoms with van der Waals surface area (Å²) in [6, 6.07) is 9.70. The van der Waals surface area contributed by atoms with Crippen molar-refractivity contribution < 1.29 is 56.2 Å². The Balaban J connectivity index is 0. The molecule has 2 aliphatic rings. The summed E-state index contributed by atoms with van der Waals surface area (Å²) in [4.78, 5) is 8.58. The molecule has 1 saturated carbocycles. The van der Waals surface area contributed by atoms with Crippen molar-refractivity contribution in [3.8, 4) is 0 Å². The molecule has 0 bridgehead atoms. The van der Waals surface area contributed by atoms with E-state index in [2.05, 4.69) is 83.2 Å². The molecule has 1 amide bonds. The standard InChI is InChI=1S/C24H32ClN4.C5H11N.C2H4.CH3NO.K/c1-3-28-19-7-4-6-17(14-19)10-11-18(12-13-27-2)15-20(16-26)29-24-21-8-5-9-22(25)23(21)24;1-3-4-5-6-2;1-2;2-1-3;/h3-4,6-8,14,16,18,27-29H,1,5,9-13,15,26H2,2H3;3-4,6H,5H2,1-2H3;1-2H2;1H,(H2,2,3);/q-1;;;;+1/b20-16+;4-3+;;;. The van der Waals surface area contributed by atoms with Crippen LogP contribution in [-0.4, -0.2) is 33.6 Å². The number of fused-ring (bicyclic) bond motifs is 1. The number of likely N-dealkylation sites (N-methyl/N-ethyl adjacent to an activating group) is 1. The molecule has 1 aromatic rings. The molecule has 41 heavy (non-hydrogen) atoms. The van der Waals surface area contributed by atoms with Crippen LogP contribution in [0.25, 0.3) is 0 Å². The Morgan fingerprint density at radius 2 is 1.90 bits per heavy atom. The summed E-state index contributed by atoms with van der Waals surface area (Å²) in [6.45, 7) is 13.7. The van der Waals surface area contributed by atoms with E-state index in [0.29, 0.717) is 5.92 Å². The second-order valence-electron chi connectivity index (χ2n) is 8.94. The summed E-state index contributed by atoms with van der Waals surface area (Å²) in [5, 5.41) is 13.9. The normalized spacial score (nSPS) is 13.8. The van der Waals surface area contributed by atoms with Gasteiger partial charge in [-0.2, -0.15) is 17.2 Å². The van der Waals surface area contributed by atoms with Gasteiger partial charge in [0.15, 0.2) is 0 Å². The molecule has 0 saturated heterocycles. The molecule has 2 aliphatic carbocycles. The fourth-order valence-corrected chi connectivity index (χ4v) is 4.46. The Morgan fingerprint density at radius 1 is 1.20 bits per heavy atom. The van der Waals surface area contributed by atoms with Crippen molar-refractivity contribution in [1.29, 1.82) is 0 Å². The number of amides is 1. The number of hydrogen-bond donors (Lipinski definition) is 6. The van der Waals surface area contributed by atoms with Crippen LogP contribution in [0.15, 0.2) is 96.5 Å². The third-order valence-electron chi connectivity index (χ3n) is 6.10. The van der Waals surface area contributed by atoms with E-state index in [1.807, 2.05) is 27.1 Å². The quantitative estimate of drug-likeness (QED) is 0.0837. The van der Waals surface area contributed by atoms with Crippen molar-refractivity contribution >= 4 is 23.7 Å². The Hall–Kier alpha value is -1.75. The van der Waals surface area contributed by atoms with Gasteiger partial charge >= 0.3 is 51.4 Å². The number of carbonyl (C=O) groups is 1. The van der Waals surface area contributed by atoms with Gasteiger partial charge in [-0.1, -0.05) is 54.8 Å². The van der Waals surface area contributed by atoms with Gasteiger partial charge in [0.25, 0.3) is 0 Å². The minimum Gasteiger partial charge on any atom is -0.403 e. The number of benzene rings is 1. The second kappa shape index (κ2) is 27.1. The average molecular weight is 609 g/mol. The fourth-order valence-electron chi connectivity index (χ4n) is 4.16. The van der Waals surface area contributed by atoms with Gasteiger partial charge in [-0.05, 0) is 83.1 Å². The van der Waals surface area contributed by atoms with Crippen molar-refractivity contribution in [2.45, 2.75) is 45.4 Å². The fraction of sp³-hybridized carbons (Fsp3) is 0.375. The number of anilines is 1. The molecule has 1 atom stereocenters. The SMILES string of the molecule is C/C=C/CNC.C=C.C=CNc1cccc(CCC(CCNC)C/C(=C\N)N[C-]2C3=CCCC(Cl)=C32)c1.NC=O.[K+]. The summed E-state index contributed by atoms with van der Waals surface area (Å²) in [7, 11) is 3.94. The first-order valence-electron chi connectivity index (χ1n) is 13.7. The van der Waals surface area contributed by atoms with Crippen molar-refractivity contribution in [2.24, 2.45) is 17.4 Å².